The topological polar surface area (TPSA) is 79.7 Å². The van der Waals surface area contributed by atoms with Crippen LogP contribution in [-0.2, 0) is 16.1 Å². The number of carbonyl (C=O) groups is 2. The number of aromatic nitrogens is 1. The van der Waals surface area contributed by atoms with Crippen LogP contribution in [0.1, 0.15) is 48.9 Å². The minimum Gasteiger partial charge on any atom is -0.507 e. The Bertz CT molecular complexity index is 1210. The van der Waals surface area contributed by atoms with E-state index < -0.39 is 23.5 Å². The van der Waals surface area contributed by atoms with Crippen molar-refractivity contribution in [3.8, 4) is 5.75 Å². The molecule has 1 atom stereocenters. The number of unbranched alkanes of at least 4 members (excludes halogenated alkanes) is 2. The molecule has 1 amide bonds. The first-order valence-corrected chi connectivity index (χ1v) is 11.7. The summed E-state index contributed by atoms with van der Waals surface area (Å²) >= 11 is 0. The van der Waals surface area contributed by atoms with Crippen molar-refractivity contribution in [1.82, 2.24) is 9.88 Å². The van der Waals surface area contributed by atoms with Crippen molar-refractivity contribution in [3.63, 3.8) is 0 Å². The Morgan fingerprint density at radius 3 is 2.34 bits per heavy atom. The van der Waals surface area contributed by atoms with Crippen LogP contribution in [0.25, 0.3) is 5.76 Å². The third-order valence-electron chi connectivity index (χ3n) is 5.97. The van der Waals surface area contributed by atoms with Crippen LogP contribution in [0.4, 0.5) is 4.39 Å². The summed E-state index contributed by atoms with van der Waals surface area (Å²) in [6.07, 6.45) is 6.38. The van der Waals surface area contributed by atoms with E-state index in [4.69, 9.17) is 4.74 Å². The number of amides is 1. The molecule has 0 saturated carbocycles. The monoisotopic (exact) mass is 474 g/mol. The molecule has 6 nitrogen and oxygen atoms in total. The van der Waals surface area contributed by atoms with E-state index in [-0.39, 0.29) is 23.4 Å². The second kappa shape index (κ2) is 11.0. The second-order valence-corrected chi connectivity index (χ2v) is 8.41. The zero-order chi connectivity index (χ0) is 24.8. The van der Waals surface area contributed by atoms with Crippen LogP contribution in [0.2, 0.25) is 0 Å². The molecule has 0 radical (unpaired) electrons. The molecule has 2 heterocycles. The van der Waals surface area contributed by atoms with Crippen LogP contribution in [0.15, 0.2) is 78.6 Å². The molecule has 7 heteroatoms. The van der Waals surface area contributed by atoms with Crippen molar-refractivity contribution in [2.24, 2.45) is 0 Å². The molecular formula is C28H27FN2O4. The van der Waals surface area contributed by atoms with Crippen LogP contribution >= 0.6 is 0 Å². The number of likely N-dealkylation sites (tertiary alicyclic amines) is 1. The lowest BCUT2D eigenvalue weighted by atomic mass is 9.95. The molecule has 35 heavy (non-hydrogen) atoms. The number of carbonyl (C=O) groups excluding carboxylic acids is 2. The predicted molar refractivity (Wildman–Crippen MR) is 130 cm³/mol. The van der Waals surface area contributed by atoms with E-state index in [0.29, 0.717) is 17.9 Å². The Hall–Kier alpha value is -4.00. The third-order valence-corrected chi connectivity index (χ3v) is 5.97. The van der Waals surface area contributed by atoms with Gasteiger partial charge in [-0.1, -0.05) is 31.9 Å². The number of ketones is 1. The van der Waals surface area contributed by atoms with Crippen molar-refractivity contribution in [2.75, 3.05) is 6.61 Å². The maximum absolute atomic E-state index is 13.4. The van der Waals surface area contributed by atoms with Gasteiger partial charge in [0.2, 0.25) is 0 Å². The Labute approximate surface area is 203 Å². The molecule has 180 valence electrons. The number of halogens is 1. The smallest absolute Gasteiger partial charge is 0.295 e. The van der Waals surface area contributed by atoms with Crippen molar-refractivity contribution in [2.45, 2.75) is 38.8 Å². The number of pyridine rings is 1. The summed E-state index contributed by atoms with van der Waals surface area (Å²) in [5.41, 5.74) is 1.67. The largest absolute Gasteiger partial charge is 0.507 e. The zero-order valence-corrected chi connectivity index (χ0v) is 19.5. The molecule has 1 aromatic heterocycles. The van der Waals surface area contributed by atoms with Gasteiger partial charge in [0.1, 0.15) is 17.3 Å². The molecule has 0 aliphatic carbocycles. The van der Waals surface area contributed by atoms with Gasteiger partial charge in [0, 0.05) is 24.5 Å². The fourth-order valence-electron chi connectivity index (χ4n) is 4.13. The van der Waals surface area contributed by atoms with E-state index in [9.17, 15) is 19.1 Å². The molecule has 1 N–H and O–H groups in total. The Balaban J connectivity index is 1.72. The van der Waals surface area contributed by atoms with E-state index in [1.54, 1.807) is 48.8 Å². The summed E-state index contributed by atoms with van der Waals surface area (Å²) in [7, 11) is 0. The van der Waals surface area contributed by atoms with Crippen molar-refractivity contribution < 1.29 is 23.8 Å². The Morgan fingerprint density at radius 2 is 1.69 bits per heavy atom. The van der Waals surface area contributed by atoms with Crippen LogP contribution in [0.5, 0.6) is 5.75 Å². The first-order valence-electron chi connectivity index (χ1n) is 11.7. The van der Waals surface area contributed by atoms with E-state index in [1.165, 1.54) is 29.2 Å². The van der Waals surface area contributed by atoms with Gasteiger partial charge in [-0.2, -0.15) is 0 Å². The molecule has 0 bridgehead atoms. The average molecular weight is 475 g/mol. The van der Waals surface area contributed by atoms with Crippen molar-refractivity contribution in [1.29, 1.82) is 0 Å². The lowest BCUT2D eigenvalue weighted by Gasteiger charge is -2.25. The molecular weight excluding hydrogens is 447 g/mol. The third kappa shape index (κ3) is 5.40. The molecule has 1 unspecified atom stereocenters. The lowest BCUT2D eigenvalue weighted by Crippen LogP contribution is -2.29. The summed E-state index contributed by atoms with van der Waals surface area (Å²) in [4.78, 5) is 31.7. The van der Waals surface area contributed by atoms with Gasteiger partial charge in [-0.05, 0) is 66.1 Å². The normalized spacial score (nSPS) is 17.1. The lowest BCUT2D eigenvalue weighted by molar-refractivity contribution is -0.140. The highest BCUT2D eigenvalue weighted by Gasteiger charge is 2.46. The number of aliphatic hydroxyl groups excluding tert-OH is 1. The van der Waals surface area contributed by atoms with Gasteiger partial charge >= 0.3 is 0 Å². The summed E-state index contributed by atoms with van der Waals surface area (Å²) in [6.45, 7) is 2.90. The summed E-state index contributed by atoms with van der Waals surface area (Å²) in [5, 5.41) is 11.1. The number of hydrogen-bond donors (Lipinski definition) is 1. The first-order chi connectivity index (χ1) is 17.0. The summed E-state index contributed by atoms with van der Waals surface area (Å²) < 4.78 is 19.2. The van der Waals surface area contributed by atoms with Crippen LogP contribution in [0, 0.1) is 5.82 Å². The molecule has 0 spiro atoms. The molecule has 1 saturated heterocycles. The predicted octanol–water partition coefficient (Wildman–Crippen LogP) is 5.41. The first kappa shape index (κ1) is 24.1. The van der Waals surface area contributed by atoms with E-state index in [1.807, 2.05) is 0 Å². The molecule has 1 aliphatic heterocycles. The Kier molecular flexibility index (Phi) is 7.55. The van der Waals surface area contributed by atoms with Gasteiger partial charge < -0.3 is 14.7 Å². The number of aliphatic hydroxyl groups is 1. The van der Waals surface area contributed by atoms with Crippen molar-refractivity contribution >= 4 is 17.4 Å². The Morgan fingerprint density at radius 1 is 1.00 bits per heavy atom. The quantitative estimate of drug-likeness (QED) is 0.194. The highest BCUT2D eigenvalue weighted by Crippen LogP contribution is 2.40. The zero-order valence-electron chi connectivity index (χ0n) is 19.5. The van der Waals surface area contributed by atoms with Gasteiger partial charge in [-0.3, -0.25) is 14.6 Å². The molecule has 3 aromatic rings. The minimum absolute atomic E-state index is 0.0349. The van der Waals surface area contributed by atoms with Gasteiger partial charge in [-0.15, -0.1) is 0 Å². The van der Waals surface area contributed by atoms with Crippen LogP contribution in [-0.4, -0.2) is 33.3 Å². The van der Waals surface area contributed by atoms with Gasteiger partial charge in [0.15, 0.2) is 0 Å². The summed E-state index contributed by atoms with van der Waals surface area (Å²) in [5.74, 6) is -1.62. The number of nitrogens with zero attached hydrogens (tertiary/aromatic N) is 2. The minimum atomic E-state index is -0.817. The molecule has 1 aliphatic rings. The number of rotatable bonds is 9. The van der Waals surface area contributed by atoms with Gasteiger partial charge in [0.25, 0.3) is 11.7 Å². The molecule has 2 aromatic carbocycles. The second-order valence-electron chi connectivity index (χ2n) is 8.41. The fourth-order valence-corrected chi connectivity index (χ4v) is 4.13. The number of ether oxygens (including phenoxy) is 1. The number of hydrogen-bond acceptors (Lipinski definition) is 5. The molecule has 4 rings (SSSR count). The standard InChI is InChI=1S/C28H27FN2O4/c1-2-3-4-17-35-23-11-7-20(8-12-23)25-24(26(32)21-5-9-22(29)10-6-21)27(33)28(34)31(25)18-19-13-15-30-16-14-19/h5-16,25,32H,2-4,17-18H2,1H3. The summed E-state index contributed by atoms with van der Waals surface area (Å²) in [6, 6.07) is 15.1. The van der Waals surface area contributed by atoms with Crippen LogP contribution < -0.4 is 4.74 Å². The molecule has 1 fully saturated rings. The highest BCUT2D eigenvalue weighted by atomic mass is 19.1. The van der Waals surface area contributed by atoms with Gasteiger partial charge in [-0.25, -0.2) is 4.39 Å². The van der Waals surface area contributed by atoms with Crippen LogP contribution in [0.3, 0.4) is 0 Å². The van der Waals surface area contributed by atoms with E-state index >= 15 is 0 Å². The van der Waals surface area contributed by atoms with E-state index in [2.05, 4.69) is 11.9 Å². The highest BCUT2D eigenvalue weighted by molar-refractivity contribution is 6.46. The number of benzene rings is 2. The van der Waals surface area contributed by atoms with E-state index in [0.717, 1.165) is 24.8 Å². The maximum atomic E-state index is 13.4. The fraction of sp³-hybridized carbons (Fsp3) is 0.250. The van der Waals surface area contributed by atoms with Gasteiger partial charge in [0.05, 0.1) is 18.2 Å². The number of Topliss-reactive ketones (excluding diaryl/α,β-unsaturated/α-hetero) is 1. The average Bonchev–Trinajstić information content (AvgIpc) is 3.12. The SMILES string of the molecule is CCCCCOc1ccc(C2C(=C(O)c3ccc(F)cc3)C(=O)C(=O)N2Cc2ccncc2)cc1. The van der Waals surface area contributed by atoms with Crippen molar-refractivity contribution in [3.05, 3.63) is 101 Å². The maximum Gasteiger partial charge on any atom is 0.295 e.